The van der Waals surface area contributed by atoms with Crippen LogP contribution in [0.2, 0.25) is 5.15 Å². The minimum Gasteiger partial charge on any atom is -0.478 e. The van der Waals surface area contributed by atoms with Gasteiger partial charge in [-0.15, -0.1) is 0 Å². The lowest BCUT2D eigenvalue weighted by Gasteiger charge is -2.06. The van der Waals surface area contributed by atoms with Crippen molar-refractivity contribution in [1.29, 1.82) is 0 Å². The highest BCUT2D eigenvalue weighted by Crippen LogP contribution is 2.21. The summed E-state index contributed by atoms with van der Waals surface area (Å²) in [4.78, 5) is 19.1. The second-order valence-electron chi connectivity index (χ2n) is 4.61. The lowest BCUT2D eigenvalue weighted by atomic mass is 10.0. The van der Waals surface area contributed by atoms with Crippen molar-refractivity contribution in [2.75, 3.05) is 0 Å². The van der Waals surface area contributed by atoms with Crippen molar-refractivity contribution in [1.82, 2.24) is 9.97 Å². The van der Waals surface area contributed by atoms with Crippen LogP contribution in [0.1, 0.15) is 21.7 Å². The number of hydrogen-bond donors (Lipinski definition) is 1. The van der Waals surface area contributed by atoms with E-state index in [0.29, 0.717) is 12.2 Å². The summed E-state index contributed by atoms with van der Waals surface area (Å²) in [7, 11) is 0. The third kappa shape index (κ3) is 2.71. The fourth-order valence-corrected chi connectivity index (χ4v) is 2.47. The second-order valence-corrected chi connectivity index (χ2v) is 4.97. The molecule has 1 N–H and O–H groups in total. The van der Waals surface area contributed by atoms with E-state index in [9.17, 15) is 4.79 Å². The van der Waals surface area contributed by atoms with Gasteiger partial charge in [-0.1, -0.05) is 54.1 Å². The van der Waals surface area contributed by atoms with Crippen molar-refractivity contribution in [3.8, 4) is 0 Å². The molecule has 1 aromatic heterocycles. The molecule has 4 nitrogen and oxygen atoms in total. The molecule has 0 amide bonds. The summed E-state index contributed by atoms with van der Waals surface area (Å²) in [6, 6.07) is 14.1. The molecule has 1 heterocycles. The summed E-state index contributed by atoms with van der Waals surface area (Å²) in [5.74, 6) is -0.627. The molecule has 2 aromatic carbocycles. The highest BCUT2D eigenvalue weighted by molar-refractivity contribution is 6.32. The third-order valence-electron chi connectivity index (χ3n) is 3.25. The van der Waals surface area contributed by atoms with E-state index >= 15 is 0 Å². The van der Waals surface area contributed by atoms with Crippen LogP contribution < -0.4 is 0 Å². The second kappa shape index (κ2) is 5.50. The first-order valence-corrected chi connectivity index (χ1v) is 6.74. The van der Waals surface area contributed by atoms with Crippen LogP contribution in [0.5, 0.6) is 0 Å². The highest BCUT2D eigenvalue weighted by Gasteiger charge is 2.12. The maximum Gasteiger partial charge on any atom is 0.340 e. The molecule has 0 atom stereocenters. The van der Waals surface area contributed by atoms with E-state index < -0.39 is 5.97 Å². The Morgan fingerprint density at radius 3 is 2.67 bits per heavy atom. The molecule has 3 rings (SSSR count). The standard InChI is InChI=1S/C16H11ClN2O2/c17-15-13(16(20)21)9-18-14(19-15)8-11-6-3-5-10-4-1-2-7-12(10)11/h1-7,9H,8H2,(H,20,21). The van der Waals surface area contributed by atoms with E-state index in [1.54, 1.807) is 0 Å². The maximum absolute atomic E-state index is 10.9. The Bertz CT molecular complexity index is 828. The maximum atomic E-state index is 10.9. The van der Waals surface area contributed by atoms with Crippen molar-refractivity contribution < 1.29 is 9.90 Å². The number of benzene rings is 2. The first kappa shape index (κ1) is 13.5. The van der Waals surface area contributed by atoms with E-state index in [2.05, 4.69) is 9.97 Å². The zero-order chi connectivity index (χ0) is 14.8. The Kier molecular flexibility index (Phi) is 3.54. The van der Waals surface area contributed by atoms with Gasteiger partial charge in [0, 0.05) is 12.6 Å². The highest BCUT2D eigenvalue weighted by atomic mass is 35.5. The van der Waals surface area contributed by atoms with Gasteiger partial charge in [0.2, 0.25) is 0 Å². The molecule has 0 radical (unpaired) electrons. The van der Waals surface area contributed by atoms with Gasteiger partial charge < -0.3 is 5.11 Å². The van der Waals surface area contributed by atoms with Gasteiger partial charge in [-0.3, -0.25) is 0 Å². The molecule has 0 aliphatic heterocycles. The van der Waals surface area contributed by atoms with Crippen molar-refractivity contribution in [3.05, 3.63) is 70.8 Å². The lowest BCUT2D eigenvalue weighted by Crippen LogP contribution is -2.04. The van der Waals surface area contributed by atoms with Gasteiger partial charge >= 0.3 is 5.97 Å². The molecule has 0 aliphatic rings. The molecule has 104 valence electrons. The number of carboxylic acid groups (broad SMARTS) is 1. The Morgan fingerprint density at radius 1 is 1.14 bits per heavy atom. The van der Waals surface area contributed by atoms with Gasteiger partial charge in [0.15, 0.2) is 0 Å². The molecule has 0 fully saturated rings. The third-order valence-corrected chi connectivity index (χ3v) is 3.54. The average Bonchev–Trinajstić information content (AvgIpc) is 2.47. The minimum atomic E-state index is -1.13. The fourth-order valence-electron chi connectivity index (χ4n) is 2.24. The molecule has 21 heavy (non-hydrogen) atoms. The molecule has 5 heteroatoms. The number of hydrogen-bond acceptors (Lipinski definition) is 3. The first-order valence-electron chi connectivity index (χ1n) is 6.36. The molecule has 3 aromatic rings. The van der Waals surface area contributed by atoms with Gasteiger partial charge in [0.05, 0.1) is 0 Å². The van der Waals surface area contributed by atoms with Crippen molar-refractivity contribution in [2.45, 2.75) is 6.42 Å². The van der Waals surface area contributed by atoms with Crippen LogP contribution >= 0.6 is 11.6 Å². The number of nitrogens with zero attached hydrogens (tertiary/aromatic N) is 2. The molecule has 0 aliphatic carbocycles. The predicted molar refractivity (Wildman–Crippen MR) is 80.8 cm³/mol. The summed E-state index contributed by atoms with van der Waals surface area (Å²) in [6.07, 6.45) is 1.75. The van der Waals surface area contributed by atoms with E-state index in [1.165, 1.54) is 6.20 Å². The van der Waals surface area contributed by atoms with E-state index in [1.807, 2.05) is 42.5 Å². The van der Waals surface area contributed by atoms with Crippen LogP contribution in [0.25, 0.3) is 10.8 Å². The molecular weight excluding hydrogens is 288 g/mol. The fraction of sp³-hybridized carbons (Fsp3) is 0.0625. The zero-order valence-electron chi connectivity index (χ0n) is 11.0. The van der Waals surface area contributed by atoms with Gasteiger partial charge in [0.1, 0.15) is 16.5 Å². The van der Waals surface area contributed by atoms with E-state index in [0.717, 1.165) is 16.3 Å². The number of rotatable bonds is 3. The summed E-state index contributed by atoms with van der Waals surface area (Å²) in [5, 5.41) is 11.2. The van der Waals surface area contributed by atoms with Crippen LogP contribution in [-0.2, 0) is 6.42 Å². The van der Waals surface area contributed by atoms with E-state index in [4.69, 9.17) is 16.7 Å². The Labute approximate surface area is 126 Å². The van der Waals surface area contributed by atoms with Crippen molar-refractivity contribution in [3.63, 3.8) is 0 Å². The number of carboxylic acids is 1. The van der Waals surface area contributed by atoms with Crippen LogP contribution in [0.3, 0.4) is 0 Å². The minimum absolute atomic E-state index is 0.0345. The number of halogens is 1. The molecule has 0 saturated heterocycles. The van der Waals surface area contributed by atoms with Crippen LogP contribution in [0, 0.1) is 0 Å². The smallest absolute Gasteiger partial charge is 0.340 e. The normalized spacial score (nSPS) is 10.7. The number of aromatic nitrogens is 2. The Hall–Kier alpha value is -2.46. The van der Waals surface area contributed by atoms with Gasteiger partial charge in [-0.25, -0.2) is 14.8 Å². The Balaban J connectivity index is 1.99. The van der Waals surface area contributed by atoms with Gasteiger partial charge in [-0.05, 0) is 16.3 Å². The van der Waals surface area contributed by atoms with E-state index in [-0.39, 0.29) is 10.7 Å². The monoisotopic (exact) mass is 298 g/mol. The van der Waals surface area contributed by atoms with Gasteiger partial charge in [0.25, 0.3) is 0 Å². The summed E-state index contributed by atoms with van der Waals surface area (Å²) in [6.45, 7) is 0. The first-order chi connectivity index (χ1) is 10.1. The van der Waals surface area contributed by atoms with Gasteiger partial charge in [-0.2, -0.15) is 0 Å². The summed E-state index contributed by atoms with van der Waals surface area (Å²) >= 11 is 5.88. The van der Waals surface area contributed by atoms with Crippen molar-refractivity contribution >= 4 is 28.3 Å². The summed E-state index contributed by atoms with van der Waals surface area (Å²) in [5.41, 5.74) is 0.991. The topological polar surface area (TPSA) is 63.1 Å². The molecule has 0 saturated carbocycles. The quantitative estimate of drug-likeness (QED) is 0.751. The van der Waals surface area contributed by atoms with Crippen molar-refractivity contribution in [2.24, 2.45) is 0 Å². The molecular formula is C16H11ClN2O2. The average molecular weight is 299 g/mol. The number of carbonyl (C=O) groups is 1. The lowest BCUT2D eigenvalue weighted by molar-refractivity contribution is 0.0696. The number of fused-ring (bicyclic) bond motifs is 1. The largest absolute Gasteiger partial charge is 0.478 e. The predicted octanol–water partition coefficient (Wildman–Crippen LogP) is 3.57. The summed E-state index contributed by atoms with van der Waals surface area (Å²) < 4.78 is 0. The molecule has 0 bridgehead atoms. The van der Waals surface area contributed by atoms with Crippen LogP contribution in [0.15, 0.2) is 48.7 Å². The molecule has 0 unspecified atom stereocenters. The SMILES string of the molecule is O=C(O)c1cnc(Cc2cccc3ccccc23)nc1Cl. The van der Waals surface area contributed by atoms with Crippen LogP contribution in [-0.4, -0.2) is 21.0 Å². The molecule has 0 spiro atoms. The zero-order valence-corrected chi connectivity index (χ0v) is 11.7. The Morgan fingerprint density at radius 2 is 1.90 bits per heavy atom. The van der Waals surface area contributed by atoms with Crippen LogP contribution in [0.4, 0.5) is 0 Å². The number of aromatic carboxylic acids is 1.